The van der Waals surface area contributed by atoms with Crippen molar-refractivity contribution >= 4 is 34.7 Å². The minimum atomic E-state index is -0.667. The van der Waals surface area contributed by atoms with Crippen LogP contribution < -0.4 is 15.8 Å². The zero-order valence-electron chi connectivity index (χ0n) is 22.0. The van der Waals surface area contributed by atoms with Gasteiger partial charge in [-0.25, -0.2) is 4.79 Å². The number of hydrogen-bond acceptors (Lipinski definition) is 7. The molecule has 2 saturated heterocycles. The van der Waals surface area contributed by atoms with Crippen LogP contribution in [0.5, 0.6) is 5.75 Å². The van der Waals surface area contributed by atoms with E-state index < -0.39 is 17.7 Å². The fourth-order valence-electron chi connectivity index (χ4n) is 5.91. The molecule has 6 rings (SSSR count). The van der Waals surface area contributed by atoms with Crippen LogP contribution in [-0.2, 0) is 27.5 Å². The number of likely N-dealkylation sites (tertiary alicyclic amines) is 1. The average molecular weight is 547 g/mol. The number of para-hydroxylation sites is 2. The molecule has 3 aromatic rings. The van der Waals surface area contributed by atoms with Crippen molar-refractivity contribution in [3.8, 4) is 5.75 Å². The second kappa shape index (κ2) is 10.6. The van der Waals surface area contributed by atoms with Crippen molar-refractivity contribution in [2.45, 2.75) is 63.7 Å². The van der Waals surface area contributed by atoms with Crippen LogP contribution in [0.3, 0.4) is 0 Å². The molecule has 0 radical (unpaired) electrons. The first-order chi connectivity index (χ1) is 19.4. The summed E-state index contributed by atoms with van der Waals surface area (Å²) >= 11 is 0. The van der Waals surface area contributed by atoms with Crippen LogP contribution in [-0.4, -0.2) is 63.2 Å². The van der Waals surface area contributed by atoms with Gasteiger partial charge in [-0.3, -0.25) is 29.1 Å². The van der Waals surface area contributed by atoms with E-state index in [1.165, 1.54) is 9.47 Å². The van der Waals surface area contributed by atoms with Crippen LogP contribution in [0.2, 0.25) is 0 Å². The number of piperidine rings is 2. The van der Waals surface area contributed by atoms with Crippen LogP contribution in [0.15, 0.2) is 51.7 Å². The van der Waals surface area contributed by atoms with E-state index in [1.807, 2.05) is 17.0 Å². The number of fused-ring (bicyclic) bond motifs is 2. The number of imide groups is 1. The number of nitrogens with zero attached hydrogens (tertiary/aromatic N) is 3. The topological polar surface area (TPSA) is 131 Å². The lowest BCUT2D eigenvalue weighted by Crippen LogP contribution is -2.52. The molecule has 208 valence electrons. The van der Waals surface area contributed by atoms with Crippen molar-refractivity contribution in [2.75, 3.05) is 13.2 Å². The van der Waals surface area contributed by atoms with Crippen molar-refractivity contribution < 1.29 is 28.3 Å². The number of benzene rings is 2. The third kappa shape index (κ3) is 4.87. The number of nitrogens with one attached hydrogen (secondary N) is 1. The van der Waals surface area contributed by atoms with Gasteiger partial charge in [0.05, 0.1) is 11.6 Å². The molecule has 40 heavy (non-hydrogen) atoms. The molecule has 11 nitrogen and oxygen atoms in total. The molecule has 4 heterocycles. The number of oxazole rings is 1. The molecular formula is C29H30N4O7. The van der Waals surface area contributed by atoms with E-state index >= 15 is 0 Å². The van der Waals surface area contributed by atoms with Gasteiger partial charge in [0.1, 0.15) is 18.4 Å². The van der Waals surface area contributed by atoms with E-state index in [0.717, 1.165) is 24.8 Å². The van der Waals surface area contributed by atoms with Gasteiger partial charge in [-0.05, 0) is 61.6 Å². The minimum Gasteiger partial charge on any atom is -0.491 e. The Morgan fingerprint density at radius 3 is 2.75 bits per heavy atom. The van der Waals surface area contributed by atoms with Crippen molar-refractivity contribution in [1.82, 2.24) is 19.7 Å². The highest BCUT2D eigenvalue weighted by Crippen LogP contribution is 2.30. The second-order valence-electron chi connectivity index (χ2n) is 10.5. The molecule has 1 unspecified atom stereocenters. The number of hydrogen-bond donors (Lipinski definition) is 1. The van der Waals surface area contributed by atoms with Gasteiger partial charge in [0.25, 0.3) is 5.91 Å². The molecule has 2 aromatic carbocycles. The number of carbonyl (C=O) groups excluding carboxylic acids is 4. The lowest BCUT2D eigenvalue weighted by Gasteiger charge is -2.35. The Morgan fingerprint density at radius 2 is 1.90 bits per heavy atom. The predicted molar refractivity (Wildman–Crippen MR) is 142 cm³/mol. The third-order valence-electron chi connectivity index (χ3n) is 8.01. The van der Waals surface area contributed by atoms with Gasteiger partial charge in [-0.15, -0.1) is 0 Å². The SMILES string of the molecule is O=C1CCC(N2Cc3cc(OC[C@H]4CCCCN4C(=O)CCn4c(=O)oc5ccccc54)ccc3C2=O)C(=O)N1. The summed E-state index contributed by atoms with van der Waals surface area (Å²) in [5, 5.41) is 2.31. The Kier molecular flexibility index (Phi) is 6.87. The zero-order chi connectivity index (χ0) is 27.8. The van der Waals surface area contributed by atoms with Crippen LogP contribution in [0.4, 0.5) is 0 Å². The Bertz CT molecular complexity index is 1560. The molecule has 11 heteroatoms. The van der Waals surface area contributed by atoms with E-state index in [9.17, 15) is 24.0 Å². The van der Waals surface area contributed by atoms with Crippen molar-refractivity contribution in [3.63, 3.8) is 0 Å². The minimum absolute atomic E-state index is 0.0371. The van der Waals surface area contributed by atoms with Crippen LogP contribution >= 0.6 is 0 Å². The number of carbonyl (C=O) groups is 4. The Labute approximate surface area is 229 Å². The van der Waals surface area contributed by atoms with Crippen molar-refractivity contribution in [1.29, 1.82) is 0 Å². The summed E-state index contributed by atoms with van der Waals surface area (Å²) in [6.45, 7) is 1.45. The maximum Gasteiger partial charge on any atom is 0.419 e. The summed E-state index contributed by atoms with van der Waals surface area (Å²) in [6, 6.07) is 11.6. The van der Waals surface area contributed by atoms with E-state index in [4.69, 9.17) is 9.15 Å². The second-order valence-corrected chi connectivity index (χ2v) is 10.5. The summed E-state index contributed by atoms with van der Waals surface area (Å²) in [6.07, 6.45) is 3.41. The van der Waals surface area contributed by atoms with Crippen molar-refractivity contribution in [3.05, 3.63) is 64.1 Å². The average Bonchev–Trinajstić information content (AvgIpc) is 3.45. The molecule has 0 saturated carbocycles. The fourth-order valence-corrected chi connectivity index (χ4v) is 5.91. The molecule has 3 aliphatic rings. The lowest BCUT2D eigenvalue weighted by molar-refractivity contribution is -0.137. The molecule has 0 aliphatic carbocycles. The van der Waals surface area contributed by atoms with Gasteiger partial charge >= 0.3 is 5.76 Å². The summed E-state index contributed by atoms with van der Waals surface area (Å²) in [4.78, 5) is 65.6. The van der Waals surface area contributed by atoms with E-state index in [0.29, 0.717) is 42.0 Å². The quantitative estimate of drug-likeness (QED) is 0.450. The normalized spacial score (nSPS) is 21.1. The lowest BCUT2D eigenvalue weighted by atomic mass is 10.0. The predicted octanol–water partition coefficient (Wildman–Crippen LogP) is 2.21. The molecule has 2 fully saturated rings. The molecule has 0 spiro atoms. The Hall–Kier alpha value is -4.41. The van der Waals surface area contributed by atoms with E-state index in [2.05, 4.69) is 5.32 Å². The first kappa shape index (κ1) is 25.8. The highest BCUT2D eigenvalue weighted by Gasteiger charge is 2.39. The monoisotopic (exact) mass is 546 g/mol. The van der Waals surface area contributed by atoms with Crippen LogP contribution in [0.25, 0.3) is 11.1 Å². The molecule has 1 aromatic heterocycles. The summed E-state index contributed by atoms with van der Waals surface area (Å²) in [7, 11) is 0. The first-order valence-electron chi connectivity index (χ1n) is 13.7. The van der Waals surface area contributed by atoms with Gasteiger partial charge < -0.3 is 19.0 Å². The number of rotatable bonds is 7. The highest BCUT2D eigenvalue weighted by molar-refractivity contribution is 6.05. The molecule has 1 N–H and O–H groups in total. The number of aryl methyl sites for hydroxylation is 1. The zero-order valence-corrected chi connectivity index (χ0v) is 22.0. The number of aromatic nitrogens is 1. The summed E-state index contributed by atoms with van der Waals surface area (Å²) < 4.78 is 12.9. The van der Waals surface area contributed by atoms with Gasteiger partial charge in [-0.1, -0.05) is 12.1 Å². The number of amides is 4. The molecule has 3 aliphatic heterocycles. The highest BCUT2D eigenvalue weighted by atomic mass is 16.5. The largest absolute Gasteiger partial charge is 0.491 e. The van der Waals surface area contributed by atoms with Crippen LogP contribution in [0.1, 0.15) is 54.4 Å². The van der Waals surface area contributed by atoms with Crippen LogP contribution in [0, 0.1) is 0 Å². The number of ether oxygens (including phenoxy) is 1. The van der Waals surface area contributed by atoms with Crippen molar-refractivity contribution in [2.24, 2.45) is 0 Å². The van der Waals surface area contributed by atoms with E-state index in [1.54, 1.807) is 30.3 Å². The van der Waals surface area contributed by atoms with Gasteiger partial charge in [0, 0.05) is 38.0 Å². The summed E-state index contributed by atoms with van der Waals surface area (Å²) in [5.41, 5.74) is 2.46. The Balaban J connectivity index is 1.08. The maximum absolute atomic E-state index is 13.2. The molecule has 4 amide bonds. The van der Waals surface area contributed by atoms with Gasteiger partial charge in [0.2, 0.25) is 17.7 Å². The molecular weight excluding hydrogens is 516 g/mol. The smallest absolute Gasteiger partial charge is 0.419 e. The molecule has 0 bridgehead atoms. The maximum atomic E-state index is 13.2. The summed E-state index contributed by atoms with van der Waals surface area (Å²) in [5.74, 6) is -0.915. The van der Waals surface area contributed by atoms with E-state index in [-0.39, 0.29) is 49.7 Å². The van der Waals surface area contributed by atoms with Gasteiger partial charge in [-0.2, -0.15) is 0 Å². The third-order valence-corrected chi connectivity index (χ3v) is 8.01. The first-order valence-corrected chi connectivity index (χ1v) is 13.7. The fraction of sp³-hybridized carbons (Fsp3) is 0.414. The molecule has 2 atom stereocenters. The Morgan fingerprint density at radius 1 is 1.05 bits per heavy atom. The van der Waals surface area contributed by atoms with Gasteiger partial charge in [0.15, 0.2) is 5.58 Å². The standard InChI is InChI=1S/C29H30N4O7/c34-25-11-10-23(27(36)30-25)33-16-18-15-20(8-9-21(18)28(33)37)39-17-19-5-3-4-13-31(19)26(35)12-14-32-22-6-1-2-7-24(22)40-29(32)38/h1-2,6-9,15,19,23H,3-5,10-14,16-17H2,(H,30,34,36)/t19-,23?/m1/s1.